The summed E-state index contributed by atoms with van der Waals surface area (Å²) in [7, 11) is 1.84. The van der Waals surface area contributed by atoms with Gasteiger partial charge >= 0.3 is 6.18 Å². The number of fused-ring (bicyclic) bond motifs is 5. The molecule has 0 saturated heterocycles. The smallest absolute Gasteiger partial charge is 0.384 e. The van der Waals surface area contributed by atoms with Gasteiger partial charge in [0.05, 0.1) is 0 Å². The molecule has 0 amide bonds. The number of aromatic nitrogens is 1. The molecule has 0 aromatic carbocycles. The van der Waals surface area contributed by atoms with Crippen molar-refractivity contribution in [1.82, 2.24) is 4.98 Å². The lowest BCUT2D eigenvalue weighted by Gasteiger charge is -2.57. The molecular formula is C29H42F3NO. The van der Waals surface area contributed by atoms with Crippen LogP contribution in [0.15, 0.2) is 18.3 Å². The first kappa shape index (κ1) is 24.6. The highest BCUT2D eigenvalue weighted by molar-refractivity contribution is 5.17. The van der Waals surface area contributed by atoms with Crippen LogP contribution in [-0.4, -0.2) is 18.7 Å². The van der Waals surface area contributed by atoms with E-state index >= 15 is 0 Å². The number of pyridine rings is 1. The summed E-state index contributed by atoms with van der Waals surface area (Å²) < 4.78 is 44.1. The number of halogens is 3. The molecule has 4 aliphatic rings. The molecule has 190 valence electrons. The Balaban J connectivity index is 1.24. The second kappa shape index (κ2) is 9.41. The van der Waals surface area contributed by atoms with Crippen molar-refractivity contribution in [3.63, 3.8) is 0 Å². The summed E-state index contributed by atoms with van der Waals surface area (Å²) in [5, 5.41) is 0. The van der Waals surface area contributed by atoms with Crippen molar-refractivity contribution in [2.75, 3.05) is 13.7 Å². The number of nitrogens with zero attached hydrogens (tertiary/aromatic N) is 1. The zero-order valence-corrected chi connectivity index (χ0v) is 21.1. The summed E-state index contributed by atoms with van der Waals surface area (Å²) in [6.07, 6.45) is 10.2. The van der Waals surface area contributed by atoms with Gasteiger partial charge in [-0.25, -0.2) is 0 Å². The van der Waals surface area contributed by atoms with Gasteiger partial charge in [-0.3, -0.25) is 4.98 Å². The second-order valence-electron chi connectivity index (χ2n) is 12.5. The number of rotatable bonds is 5. The van der Waals surface area contributed by atoms with Gasteiger partial charge in [-0.2, -0.15) is 13.2 Å². The van der Waals surface area contributed by atoms with E-state index in [4.69, 9.17) is 4.74 Å². The average Bonchev–Trinajstić information content (AvgIpc) is 3.16. The lowest BCUT2D eigenvalue weighted by Crippen LogP contribution is -2.49. The number of hydrogen-bond acceptors (Lipinski definition) is 2. The fourth-order valence-corrected chi connectivity index (χ4v) is 9.54. The topological polar surface area (TPSA) is 22.1 Å². The monoisotopic (exact) mass is 477 g/mol. The van der Waals surface area contributed by atoms with Crippen LogP contribution in [0.5, 0.6) is 0 Å². The lowest BCUT2D eigenvalue weighted by atomic mass is 9.48. The largest absolute Gasteiger partial charge is 0.433 e. The van der Waals surface area contributed by atoms with E-state index in [9.17, 15) is 13.2 Å². The van der Waals surface area contributed by atoms with E-state index in [1.165, 1.54) is 64.0 Å². The molecule has 9 atom stereocenters. The molecule has 0 bridgehead atoms. The predicted octanol–water partition coefficient (Wildman–Crippen LogP) is 7.81. The molecule has 1 heterocycles. The van der Waals surface area contributed by atoms with Gasteiger partial charge in [0.1, 0.15) is 5.69 Å². The highest BCUT2D eigenvalue weighted by Gasteiger charge is 2.57. The zero-order chi connectivity index (χ0) is 24.1. The van der Waals surface area contributed by atoms with Crippen LogP contribution in [0, 0.1) is 52.8 Å². The highest BCUT2D eigenvalue weighted by atomic mass is 19.4. The molecule has 3 unspecified atom stereocenters. The molecule has 5 heteroatoms. The first-order valence-electron chi connectivity index (χ1n) is 13.7. The predicted molar refractivity (Wildman–Crippen MR) is 128 cm³/mol. The quantitative estimate of drug-likeness (QED) is 0.431. The third-order valence-corrected chi connectivity index (χ3v) is 10.9. The molecule has 0 aliphatic heterocycles. The van der Waals surface area contributed by atoms with Crippen LogP contribution < -0.4 is 0 Å². The van der Waals surface area contributed by atoms with Gasteiger partial charge in [0.2, 0.25) is 0 Å². The zero-order valence-electron chi connectivity index (χ0n) is 21.1. The summed E-state index contributed by atoms with van der Waals surface area (Å²) >= 11 is 0. The van der Waals surface area contributed by atoms with E-state index in [1.807, 2.05) is 7.11 Å². The average molecular weight is 478 g/mol. The Morgan fingerprint density at radius 1 is 1.03 bits per heavy atom. The minimum absolute atomic E-state index is 0.389. The van der Waals surface area contributed by atoms with Crippen LogP contribution in [0.4, 0.5) is 13.2 Å². The Kier molecular flexibility index (Phi) is 6.80. The number of hydrogen-bond donors (Lipinski definition) is 0. The van der Waals surface area contributed by atoms with Gasteiger partial charge in [-0.1, -0.05) is 19.9 Å². The minimum Gasteiger partial charge on any atom is -0.384 e. The SMILES string of the molecule is COC[C@H]1CC[C@@H]2C3CC[C@@]4(C)C(CCC4[C@@H](C)Cc4ccc(C(F)(F)F)nc4)[C@@H]3CC[C@@H]2C1. The van der Waals surface area contributed by atoms with E-state index in [0.29, 0.717) is 17.3 Å². The molecule has 5 rings (SSSR count). The van der Waals surface area contributed by atoms with Crippen molar-refractivity contribution in [3.05, 3.63) is 29.6 Å². The highest BCUT2D eigenvalue weighted by Crippen LogP contribution is 2.65. The van der Waals surface area contributed by atoms with E-state index in [2.05, 4.69) is 18.8 Å². The van der Waals surface area contributed by atoms with E-state index in [-0.39, 0.29) is 0 Å². The minimum atomic E-state index is -4.36. The van der Waals surface area contributed by atoms with Crippen molar-refractivity contribution in [2.45, 2.75) is 84.2 Å². The maximum absolute atomic E-state index is 12.9. The lowest BCUT2D eigenvalue weighted by molar-refractivity contribution is -0.141. The van der Waals surface area contributed by atoms with Crippen LogP contribution in [0.2, 0.25) is 0 Å². The van der Waals surface area contributed by atoms with E-state index in [0.717, 1.165) is 60.2 Å². The van der Waals surface area contributed by atoms with Crippen LogP contribution in [0.25, 0.3) is 0 Å². The fourth-order valence-electron chi connectivity index (χ4n) is 9.54. The fraction of sp³-hybridized carbons (Fsp3) is 0.828. The number of ether oxygens (including phenoxy) is 1. The molecule has 4 fully saturated rings. The molecule has 1 aromatic rings. The molecular weight excluding hydrogens is 435 g/mol. The normalized spacial score (nSPS) is 40.8. The summed E-state index contributed by atoms with van der Waals surface area (Å²) in [6.45, 7) is 5.83. The first-order valence-corrected chi connectivity index (χ1v) is 13.7. The Bertz CT molecular complexity index is 839. The van der Waals surface area contributed by atoms with Gasteiger partial charge in [0, 0.05) is 19.9 Å². The summed E-state index contributed by atoms with van der Waals surface area (Å²) in [4.78, 5) is 3.70. The van der Waals surface area contributed by atoms with Gasteiger partial charge < -0.3 is 4.74 Å². The summed E-state index contributed by atoms with van der Waals surface area (Å²) in [5.41, 5.74) is 0.538. The first-order chi connectivity index (χ1) is 16.2. The number of alkyl halides is 3. The second-order valence-corrected chi connectivity index (χ2v) is 12.5. The van der Waals surface area contributed by atoms with Crippen molar-refractivity contribution in [3.8, 4) is 0 Å². The van der Waals surface area contributed by atoms with E-state index < -0.39 is 11.9 Å². The summed E-state index contributed by atoms with van der Waals surface area (Å²) in [5.74, 6) is 6.42. The molecule has 0 N–H and O–H groups in total. The van der Waals surface area contributed by atoms with Gasteiger partial charge in [0.15, 0.2) is 0 Å². The van der Waals surface area contributed by atoms with E-state index in [1.54, 1.807) is 6.07 Å². The molecule has 34 heavy (non-hydrogen) atoms. The Morgan fingerprint density at radius 3 is 2.53 bits per heavy atom. The number of methoxy groups -OCH3 is 1. The molecule has 2 nitrogen and oxygen atoms in total. The molecule has 1 aromatic heterocycles. The van der Waals surface area contributed by atoms with Crippen molar-refractivity contribution < 1.29 is 17.9 Å². The van der Waals surface area contributed by atoms with Crippen LogP contribution >= 0.6 is 0 Å². The Morgan fingerprint density at radius 2 is 1.82 bits per heavy atom. The van der Waals surface area contributed by atoms with Crippen LogP contribution in [-0.2, 0) is 17.3 Å². The third kappa shape index (κ3) is 4.44. The van der Waals surface area contributed by atoms with Crippen molar-refractivity contribution >= 4 is 0 Å². The van der Waals surface area contributed by atoms with Gasteiger partial charge in [0.25, 0.3) is 0 Å². The molecule has 0 radical (unpaired) electrons. The van der Waals surface area contributed by atoms with Crippen molar-refractivity contribution in [1.29, 1.82) is 0 Å². The standard InChI is InChI=1S/C29H42F3NO/c1-18(14-19-5-11-27(33-16-19)29(30,31)32)25-9-10-26-24-8-6-21-15-20(17-34-3)4-7-22(21)23(24)12-13-28(25,26)2/h5,11,16,18,20-26H,4,6-10,12-15,17H2,1-3H3/t18-,20-,21+,22-,23?,24+,25?,26?,28+/m0/s1. The van der Waals surface area contributed by atoms with Crippen molar-refractivity contribution in [2.24, 2.45) is 52.8 Å². The van der Waals surface area contributed by atoms with Crippen LogP contribution in [0.1, 0.15) is 82.9 Å². The Hall–Kier alpha value is -1.10. The van der Waals surface area contributed by atoms with Gasteiger partial charge in [-0.15, -0.1) is 0 Å². The Labute approximate surface area is 203 Å². The maximum Gasteiger partial charge on any atom is 0.433 e. The molecule has 0 spiro atoms. The van der Waals surface area contributed by atoms with Crippen LogP contribution in [0.3, 0.4) is 0 Å². The third-order valence-electron chi connectivity index (χ3n) is 10.9. The molecule has 4 saturated carbocycles. The van der Waals surface area contributed by atoms with Gasteiger partial charge in [-0.05, 0) is 129 Å². The summed E-state index contributed by atoms with van der Waals surface area (Å²) in [6, 6.07) is 2.78. The molecule has 4 aliphatic carbocycles. The maximum atomic E-state index is 12.9.